The number of aromatic amines is 1. The van der Waals surface area contributed by atoms with E-state index in [2.05, 4.69) is 15.1 Å². The highest BCUT2D eigenvalue weighted by Crippen LogP contribution is 2.29. The smallest absolute Gasteiger partial charge is 0.263 e. The van der Waals surface area contributed by atoms with E-state index in [4.69, 9.17) is 23.2 Å². The van der Waals surface area contributed by atoms with Gasteiger partial charge in [-0.15, -0.1) is 11.8 Å². The van der Waals surface area contributed by atoms with Gasteiger partial charge in [0.2, 0.25) is 0 Å². The molecule has 1 aromatic carbocycles. The molecule has 3 rings (SSSR count). The molecule has 5 nitrogen and oxygen atoms in total. The van der Waals surface area contributed by atoms with Gasteiger partial charge in [0.05, 0.1) is 10.7 Å². The van der Waals surface area contributed by atoms with E-state index in [9.17, 15) is 4.79 Å². The monoisotopic (exact) mass is 340 g/mol. The molecule has 0 unspecified atom stereocenters. The largest absolute Gasteiger partial charge is 0.310 e. The van der Waals surface area contributed by atoms with E-state index in [1.807, 2.05) is 6.26 Å². The maximum Gasteiger partial charge on any atom is 0.263 e. The Bertz CT molecular complexity index is 903. The number of nitrogens with one attached hydrogen (secondary N) is 1. The van der Waals surface area contributed by atoms with Crippen LogP contribution in [0.3, 0.4) is 0 Å². The fourth-order valence-corrected chi connectivity index (χ4v) is 3.11. The van der Waals surface area contributed by atoms with E-state index in [0.29, 0.717) is 37.6 Å². The first kappa shape index (κ1) is 14.4. The van der Waals surface area contributed by atoms with E-state index in [0.717, 1.165) is 0 Å². The van der Waals surface area contributed by atoms with E-state index in [1.54, 1.807) is 29.8 Å². The zero-order valence-corrected chi connectivity index (χ0v) is 13.5. The summed E-state index contributed by atoms with van der Waals surface area (Å²) in [6.45, 7) is 1.72. The average molecular weight is 341 g/mol. The Morgan fingerprint density at radius 2 is 2.10 bits per heavy atom. The van der Waals surface area contributed by atoms with Gasteiger partial charge in [0.25, 0.3) is 5.56 Å². The molecular formula is C13H10Cl2N4OS. The second-order valence-corrected chi connectivity index (χ2v) is 6.01. The number of aryl methyl sites for hydroxylation is 1. The van der Waals surface area contributed by atoms with Crippen molar-refractivity contribution in [2.45, 2.75) is 11.9 Å². The van der Waals surface area contributed by atoms with Crippen LogP contribution in [-0.2, 0) is 0 Å². The lowest BCUT2D eigenvalue weighted by molar-refractivity contribution is 0.849. The minimum absolute atomic E-state index is 0.210. The number of halogens is 2. The number of thioether (sulfide) groups is 1. The molecule has 3 aromatic rings. The first-order valence-electron chi connectivity index (χ1n) is 6.00. The minimum Gasteiger partial charge on any atom is -0.310 e. The molecule has 108 valence electrons. The molecule has 0 saturated carbocycles. The molecular weight excluding hydrogens is 331 g/mol. The Morgan fingerprint density at radius 1 is 1.33 bits per heavy atom. The second kappa shape index (κ2) is 5.36. The second-order valence-electron chi connectivity index (χ2n) is 4.37. The van der Waals surface area contributed by atoms with Crippen molar-refractivity contribution in [2.24, 2.45) is 0 Å². The third-order valence-electron chi connectivity index (χ3n) is 2.96. The van der Waals surface area contributed by atoms with Gasteiger partial charge in [-0.2, -0.15) is 5.10 Å². The standard InChI is InChI=1S/C13H10Cl2N4OS/c1-6-16-11-10(12(20)17-6)13(21-2)18-19(11)9-4-3-7(14)5-8(9)15/h3-5H,1-2H3,(H,16,17,20). The Labute approximate surface area is 134 Å². The lowest BCUT2D eigenvalue weighted by Gasteiger charge is -2.05. The summed E-state index contributed by atoms with van der Waals surface area (Å²) in [6.07, 6.45) is 1.86. The summed E-state index contributed by atoms with van der Waals surface area (Å²) in [7, 11) is 0. The van der Waals surface area contributed by atoms with Crippen LogP contribution in [-0.4, -0.2) is 26.0 Å². The van der Waals surface area contributed by atoms with Crippen molar-refractivity contribution in [3.8, 4) is 5.69 Å². The molecule has 0 saturated heterocycles. The Kier molecular flexibility index (Phi) is 3.69. The molecule has 2 heterocycles. The van der Waals surface area contributed by atoms with Gasteiger partial charge in [0.1, 0.15) is 16.2 Å². The zero-order valence-electron chi connectivity index (χ0n) is 11.1. The third-order valence-corrected chi connectivity index (χ3v) is 4.17. The lowest BCUT2D eigenvalue weighted by atomic mass is 10.3. The highest BCUT2D eigenvalue weighted by atomic mass is 35.5. The summed E-state index contributed by atoms with van der Waals surface area (Å²) in [5.74, 6) is 0.520. The maximum absolute atomic E-state index is 12.1. The van der Waals surface area contributed by atoms with E-state index >= 15 is 0 Å². The van der Waals surface area contributed by atoms with Crippen LogP contribution in [0, 0.1) is 6.92 Å². The molecule has 8 heteroatoms. The third kappa shape index (κ3) is 2.43. The Morgan fingerprint density at radius 3 is 2.76 bits per heavy atom. The van der Waals surface area contributed by atoms with Crippen LogP contribution in [0.1, 0.15) is 5.82 Å². The van der Waals surface area contributed by atoms with Crippen LogP contribution in [0.2, 0.25) is 10.0 Å². The van der Waals surface area contributed by atoms with Gasteiger partial charge in [-0.25, -0.2) is 9.67 Å². The fourth-order valence-electron chi connectivity index (χ4n) is 2.07. The molecule has 0 fully saturated rings. The SMILES string of the molecule is CSc1nn(-c2ccc(Cl)cc2Cl)c2nc(C)[nH]c(=O)c12. The van der Waals surface area contributed by atoms with E-state index in [1.165, 1.54) is 11.8 Å². The molecule has 0 aliphatic heterocycles. The van der Waals surface area contributed by atoms with Crippen molar-refractivity contribution in [2.75, 3.05) is 6.26 Å². The first-order chi connectivity index (χ1) is 10.0. The van der Waals surface area contributed by atoms with Gasteiger partial charge in [-0.1, -0.05) is 23.2 Å². The van der Waals surface area contributed by atoms with Crippen LogP contribution in [0.15, 0.2) is 28.0 Å². The van der Waals surface area contributed by atoms with E-state index in [-0.39, 0.29) is 5.56 Å². The van der Waals surface area contributed by atoms with Gasteiger partial charge in [0.15, 0.2) is 5.65 Å². The quantitative estimate of drug-likeness (QED) is 0.725. The van der Waals surface area contributed by atoms with Crippen LogP contribution in [0.5, 0.6) is 0 Å². The molecule has 0 atom stereocenters. The lowest BCUT2D eigenvalue weighted by Crippen LogP contribution is -2.10. The Hall–Kier alpha value is -1.50. The molecule has 0 bridgehead atoms. The summed E-state index contributed by atoms with van der Waals surface area (Å²) in [5.41, 5.74) is 0.895. The van der Waals surface area contributed by atoms with Crippen molar-refractivity contribution < 1.29 is 0 Å². The number of hydrogen-bond acceptors (Lipinski definition) is 4. The van der Waals surface area contributed by atoms with Gasteiger partial charge in [-0.3, -0.25) is 4.79 Å². The van der Waals surface area contributed by atoms with Gasteiger partial charge in [0, 0.05) is 5.02 Å². The predicted molar refractivity (Wildman–Crippen MR) is 86.0 cm³/mol. The van der Waals surface area contributed by atoms with E-state index < -0.39 is 0 Å². The number of aromatic nitrogens is 4. The number of H-pyrrole nitrogens is 1. The van der Waals surface area contributed by atoms with Crippen molar-refractivity contribution in [1.29, 1.82) is 0 Å². The normalized spacial score (nSPS) is 11.2. The van der Waals surface area contributed by atoms with Crippen LogP contribution >= 0.6 is 35.0 Å². The first-order valence-corrected chi connectivity index (χ1v) is 7.98. The summed E-state index contributed by atoms with van der Waals surface area (Å²) in [4.78, 5) is 19.2. The topological polar surface area (TPSA) is 63.6 Å². The minimum atomic E-state index is -0.210. The van der Waals surface area contributed by atoms with Crippen LogP contribution in [0.4, 0.5) is 0 Å². The van der Waals surface area contributed by atoms with Crippen LogP contribution in [0.25, 0.3) is 16.7 Å². The predicted octanol–water partition coefficient (Wildman–Crippen LogP) is 3.45. The summed E-state index contributed by atoms with van der Waals surface area (Å²) in [5, 5.41) is 6.48. The molecule has 2 aromatic heterocycles. The fraction of sp³-hybridized carbons (Fsp3) is 0.154. The molecule has 1 N–H and O–H groups in total. The van der Waals surface area contributed by atoms with Gasteiger partial charge >= 0.3 is 0 Å². The molecule has 0 aliphatic rings. The van der Waals surface area contributed by atoms with Gasteiger partial charge < -0.3 is 4.98 Å². The zero-order chi connectivity index (χ0) is 15.1. The van der Waals surface area contributed by atoms with Crippen molar-refractivity contribution in [1.82, 2.24) is 19.7 Å². The summed E-state index contributed by atoms with van der Waals surface area (Å²) < 4.78 is 1.57. The average Bonchev–Trinajstić information content (AvgIpc) is 2.77. The number of rotatable bonds is 2. The molecule has 0 amide bonds. The van der Waals surface area contributed by atoms with Crippen molar-refractivity contribution in [3.05, 3.63) is 44.4 Å². The molecule has 0 spiro atoms. The van der Waals surface area contributed by atoms with Crippen molar-refractivity contribution in [3.63, 3.8) is 0 Å². The molecule has 21 heavy (non-hydrogen) atoms. The maximum atomic E-state index is 12.1. The Balaban J connectivity index is 2.40. The number of nitrogens with zero attached hydrogens (tertiary/aromatic N) is 3. The highest BCUT2D eigenvalue weighted by Gasteiger charge is 2.18. The van der Waals surface area contributed by atoms with Gasteiger partial charge in [-0.05, 0) is 31.4 Å². The molecule has 0 radical (unpaired) electrons. The van der Waals surface area contributed by atoms with Crippen molar-refractivity contribution >= 4 is 46.0 Å². The number of benzene rings is 1. The van der Waals surface area contributed by atoms with Crippen LogP contribution < -0.4 is 5.56 Å². The summed E-state index contributed by atoms with van der Waals surface area (Å²) >= 11 is 13.5. The highest BCUT2D eigenvalue weighted by molar-refractivity contribution is 7.98. The number of fused-ring (bicyclic) bond motifs is 1. The number of hydrogen-bond donors (Lipinski definition) is 1. The summed E-state index contributed by atoms with van der Waals surface area (Å²) in [6, 6.07) is 5.10. The molecule has 0 aliphatic carbocycles.